The summed E-state index contributed by atoms with van der Waals surface area (Å²) in [6.07, 6.45) is 1.27. The van der Waals surface area contributed by atoms with Crippen molar-refractivity contribution in [1.82, 2.24) is 4.90 Å². The van der Waals surface area contributed by atoms with E-state index in [0.29, 0.717) is 18.7 Å². The number of carbonyl (C=O) groups is 1. The topological polar surface area (TPSA) is 20.3 Å². The molecule has 2 nitrogen and oxygen atoms in total. The number of benzene rings is 1. The number of hydrogen-bond donors (Lipinski definition) is 0. The second-order valence-electron chi connectivity index (χ2n) is 6.06. The van der Waals surface area contributed by atoms with Crippen LogP contribution >= 0.6 is 11.8 Å². The Morgan fingerprint density at radius 1 is 1.21 bits per heavy atom. The molecule has 1 atom stereocenters. The van der Waals surface area contributed by atoms with Crippen molar-refractivity contribution in [3.8, 4) is 0 Å². The number of amides is 1. The molecule has 0 N–H and O–H groups in total. The summed E-state index contributed by atoms with van der Waals surface area (Å²) in [5.41, 5.74) is -0.433. The first-order chi connectivity index (χ1) is 11.4. The SMILES string of the molecule is CCCCCCCC(=O)N1CCSC1c1ccccc1C(F)(F)F. The highest BCUT2D eigenvalue weighted by molar-refractivity contribution is 7.99. The molecule has 2 rings (SSSR count). The molecule has 1 amide bonds. The fourth-order valence-corrected chi connectivity index (χ4v) is 4.29. The highest BCUT2D eigenvalue weighted by Crippen LogP contribution is 2.43. The van der Waals surface area contributed by atoms with Crippen LogP contribution in [0.1, 0.15) is 61.9 Å². The van der Waals surface area contributed by atoms with E-state index in [0.717, 1.165) is 38.2 Å². The van der Waals surface area contributed by atoms with Gasteiger partial charge in [-0.2, -0.15) is 13.2 Å². The minimum atomic E-state index is -4.39. The first-order valence-electron chi connectivity index (χ1n) is 8.52. The van der Waals surface area contributed by atoms with Crippen molar-refractivity contribution in [1.29, 1.82) is 0 Å². The van der Waals surface area contributed by atoms with E-state index in [1.807, 2.05) is 0 Å². The highest BCUT2D eigenvalue weighted by atomic mass is 32.2. The normalized spacial score (nSPS) is 18.2. The molecule has 0 bridgehead atoms. The Labute approximate surface area is 145 Å². The van der Waals surface area contributed by atoms with Crippen molar-refractivity contribution < 1.29 is 18.0 Å². The average Bonchev–Trinajstić information content (AvgIpc) is 3.03. The van der Waals surface area contributed by atoms with Crippen LogP contribution < -0.4 is 0 Å². The molecule has 6 heteroatoms. The van der Waals surface area contributed by atoms with E-state index >= 15 is 0 Å². The largest absolute Gasteiger partial charge is 0.416 e. The lowest BCUT2D eigenvalue weighted by Crippen LogP contribution is -2.31. The van der Waals surface area contributed by atoms with Gasteiger partial charge in [-0.3, -0.25) is 4.79 Å². The van der Waals surface area contributed by atoms with Crippen LogP contribution in [0.15, 0.2) is 24.3 Å². The molecule has 0 aromatic heterocycles. The third-order valence-electron chi connectivity index (χ3n) is 4.24. The number of carbonyl (C=O) groups excluding carboxylic acids is 1. The smallest absolute Gasteiger partial charge is 0.326 e. The Balaban J connectivity index is 2.04. The molecule has 134 valence electrons. The third-order valence-corrected chi connectivity index (χ3v) is 5.48. The predicted molar refractivity (Wildman–Crippen MR) is 91.7 cm³/mol. The maximum absolute atomic E-state index is 13.2. The second kappa shape index (κ2) is 8.79. The Hall–Kier alpha value is -1.17. The number of hydrogen-bond acceptors (Lipinski definition) is 2. The van der Waals surface area contributed by atoms with E-state index in [4.69, 9.17) is 0 Å². The highest BCUT2D eigenvalue weighted by Gasteiger charge is 2.39. The van der Waals surface area contributed by atoms with Crippen LogP contribution in [0.3, 0.4) is 0 Å². The van der Waals surface area contributed by atoms with E-state index in [2.05, 4.69) is 6.92 Å². The number of alkyl halides is 3. The van der Waals surface area contributed by atoms with Crippen LogP contribution in [-0.2, 0) is 11.0 Å². The summed E-state index contributed by atoms with van der Waals surface area (Å²) >= 11 is 1.41. The molecule has 1 saturated heterocycles. The quantitative estimate of drug-likeness (QED) is 0.587. The van der Waals surface area contributed by atoms with Crippen molar-refractivity contribution in [2.24, 2.45) is 0 Å². The predicted octanol–water partition coefficient (Wildman–Crippen LogP) is 5.64. The van der Waals surface area contributed by atoms with Crippen LogP contribution in [0.2, 0.25) is 0 Å². The number of nitrogens with zero attached hydrogens (tertiary/aromatic N) is 1. The summed E-state index contributed by atoms with van der Waals surface area (Å²) in [5.74, 6) is 0.650. The summed E-state index contributed by atoms with van der Waals surface area (Å²) < 4.78 is 39.7. The zero-order valence-electron chi connectivity index (χ0n) is 13.9. The fourth-order valence-electron chi connectivity index (χ4n) is 2.98. The molecule has 0 spiro atoms. The lowest BCUT2D eigenvalue weighted by atomic mass is 10.1. The van der Waals surface area contributed by atoms with E-state index < -0.39 is 17.1 Å². The van der Waals surface area contributed by atoms with E-state index in [1.54, 1.807) is 11.0 Å². The van der Waals surface area contributed by atoms with Crippen LogP contribution in [0, 0.1) is 0 Å². The summed E-state index contributed by atoms with van der Waals surface area (Å²) in [6, 6.07) is 5.59. The van der Waals surface area contributed by atoms with Gasteiger partial charge in [0.15, 0.2) is 0 Å². The molecular weight excluding hydrogens is 335 g/mol. The molecule has 1 aliphatic rings. The zero-order valence-corrected chi connectivity index (χ0v) is 14.8. The Kier molecular flexibility index (Phi) is 7.02. The van der Waals surface area contributed by atoms with Crippen LogP contribution in [0.4, 0.5) is 13.2 Å². The zero-order chi connectivity index (χ0) is 17.6. The summed E-state index contributed by atoms with van der Waals surface area (Å²) in [7, 11) is 0. The molecule has 1 aromatic rings. The molecule has 1 unspecified atom stereocenters. The molecule has 0 radical (unpaired) electrons. The lowest BCUT2D eigenvalue weighted by Gasteiger charge is -2.26. The monoisotopic (exact) mass is 359 g/mol. The number of rotatable bonds is 7. The van der Waals surface area contributed by atoms with Gasteiger partial charge in [0.05, 0.1) is 5.56 Å². The minimum Gasteiger partial charge on any atom is -0.326 e. The van der Waals surface area contributed by atoms with E-state index in [9.17, 15) is 18.0 Å². The van der Waals surface area contributed by atoms with Gasteiger partial charge in [0.1, 0.15) is 5.37 Å². The molecule has 0 aliphatic carbocycles. The van der Waals surface area contributed by atoms with E-state index in [1.165, 1.54) is 23.9 Å². The van der Waals surface area contributed by atoms with Gasteiger partial charge in [0.2, 0.25) is 5.91 Å². The molecular formula is C18H24F3NOS. The Bertz CT molecular complexity index is 547. The lowest BCUT2D eigenvalue weighted by molar-refractivity contribution is -0.139. The molecule has 0 saturated carbocycles. The summed E-state index contributed by atoms with van der Waals surface area (Å²) in [4.78, 5) is 14.1. The fraction of sp³-hybridized carbons (Fsp3) is 0.611. The molecule has 1 aromatic carbocycles. The third kappa shape index (κ3) is 4.91. The Morgan fingerprint density at radius 3 is 2.62 bits per heavy atom. The summed E-state index contributed by atoms with van der Waals surface area (Å²) in [6.45, 7) is 2.66. The first-order valence-corrected chi connectivity index (χ1v) is 9.57. The van der Waals surface area contributed by atoms with E-state index in [-0.39, 0.29) is 11.5 Å². The van der Waals surface area contributed by atoms with Gasteiger partial charge in [0.25, 0.3) is 0 Å². The molecule has 24 heavy (non-hydrogen) atoms. The van der Waals surface area contributed by atoms with Crippen molar-refractivity contribution in [2.45, 2.75) is 57.0 Å². The molecule has 1 heterocycles. The second-order valence-corrected chi connectivity index (χ2v) is 7.25. The van der Waals surface area contributed by atoms with Gasteiger partial charge in [-0.1, -0.05) is 50.8 Å². The van der Waals surface area contributed by atoms with Crippen molar-refractivity contribution in [3.63, 3.8) is 0 Å². The van der Waals surface area contributed by atoms with Crippen molar-refractivity contribution in [3.05, 3.63) is 35.4 Å². The van der Waals surface area contributed by atoms with Crippen LogP contribution in [0.25, 0.3) is 0 Å². The maximum Gasteiger partial charge on any atom is 0.416 e. The van der Waals surface area contributed by atoms with Crippen molar-refractivity contribution in [2.75, 3.05) is 12.3 Å². The standard InChI is InChI=1S/C18H24F3NOS/c1-2-3-4-5-6-11-16(23)22-12-13-24-17(22)14-9-7-8-10-15(14)18(19,20)21/h7-10,17H,2-6,11-13H2,1H3. The molecule has 1 aliphatic heterocycles. The summed E-state index contributed by atoms with van der Waals surface area (Å²) in [5, 5.41) is -0.522. The number of thioether (sulfide) groups is 1. The maximum atomic E-state index is 13.2. The van der Waals surface area contributed by atoms with Crippen LogP contribution in [0.5, 0.6) is 0 Å². The number of halogens is 3. The van der Waals surface area contributed by atoms with Gasteiger partial charge < -0.3 is 4.90 Å². The minimum absolute atomic E-state index is 0.0292. The van der Waals surface area contributed by atoms with Gasteiger partial charge in [0, 0.05) is 18.7 Å². The van der Waals surface area contributed by atoms with Gasteiger partial charge in [-0.05, 0) is 18.1 Å². The van der Waals surface area contributed by atoms with Gasteiger partial charge in [-0.25, -0.2) is 0 Å². The van der Waals surface area contributed by atoms with Crippen molar-refractivity contribution >= 4 is 17.7 Å². The molecule has 1 fully saturated rings. The Morgan fingerprint density at radius 2 is 1.92 bits per heavy atom. The average molecular weight is 359 g/mol. The van der Waals surface area contributed by atoms with Gasteiger partial charge >= 0.3 is 6.18 Å². The number of unbranched alkanes of at least 4 members (excludes halogenated alkanes) is 4. The first kappa shape index (κ1) is 19.2. The van der Waals surface area contributed by atoms with Gasteiger partial charge in [-0.15, -0.1) is 11.8 Å². The van der Waals surface area contributed by atoms with Crippen LogP contribution in [-0.4, -0.2) is 23.1 Å².